The molecule has 0 bridgehead atoms. The fourth-order valence-electron chi connectivity index (χ4n) is 2.44. The van der Waals surface area contributed by atoms with Crippen LogP contribution < -0.4 is 14.4 Å². The van der Waals surface area contributed by atoms with E-state index in [-0.39, 0.29) is 11.4 Å². The number of methoxy groups -OCH3 is 1. The molecule has 0 atom stereocenters. The highest BCUT2D eigenvalue weighted by molar-refractivity contribution is 7.92. The Morgan fingerprint density at radius 1 is 1.23 bits per heavy atom. The minimum Gasteiger partial charge on any atom is -0.497 e. The number of benzene rings is 2. The molecule has 0 unspecified atom stereocenters. The smallest absolute Gasteiger partial charge is 0.267 e. The monoisotopic (exact) mass is 322 g/mol. The van der Waals surface area contributed by atoms with Crippen LogP contribution in [0.1, 0.15) is 0 Å². The Balaban J connectivity index is 2.09. The molecule has 0 aliphatic carbocycles. The van der Waals surface area contributed by atoms with Gasteiger partial charge in [0.2, 0.25) is 0 Å². The summed E-state index contributed by atoms with van der Waals surface area (Å²) in [5.74, 6) is -0.132. The molecule has 0 amide bonds. The molecule has 2 aromatic rings. The lowest BCUT2D eigenvalue weighted by Crippen LogP contribution is -2.39. The molecule has 0 spiro atoms. The number of hydrogen-bond donors (Lipinski definition) is 1. The second-order valence-corrected chi connectivity index (χ2v) is 6.65. The van der Waals surface area contributed by atoms with Crippen molar-refractivity contribution in [2.45, 2.75) is 4.90 Å². The van der Waals surface area contributed by atoms with E-state index in [4.69, 9.17) is 4.74 Å². The molecule has 2 aromatic carbocycles. The maximum absolute atomic E-state index is 13.9. The van der Waals surface area contributed by atoms with Crippen molar-refractivity contribution in [3.05, 3.63) is 48.3 Å². The number of nitrogens with zero attached hydrogens (tertiary/aromatic N) is 1. The van der Waals surface area contributed by atoms with Crippen molar-refractivity contribution in [1.82, 2.24) is 0 Å². The first-order valence-electron chi connectivity index (χ1n) is 6.73. The van der Waals surface area contributed by atoms with Crippen LogP contribution in [0, 0.1) is 5.82 Å². The highest BCUT2D eigenvalue weighted by atomic mass is 32.2. The van der Waals surface area contributed by atoms with Crippen LogP contribution in [0.2, 0.25) is 0 Å². The summed E-state index contributed by atoms with van der Waals surface area (Å²) in [5.41, 5.74) is 1.13. The number of nitrogens with one attached hydrogen (secondary N) is 1. The van der Waals surface area contributed by atoms with Gasteiger partial charge in [-0.25, -0.2) is 12.8 Å². The quantitative estimate of drug-likeness (QED) is 0.943. The van der Waals surface area contributed by atoms with Gasteiger partial charge in [0.25, 0.3) is 10.0 Å². The van der Waals surface area contributed by atoms with Gasteiger partial charge in [-0.2, -0.15) is 0 Å². The Bertz CT molecular complexity index is 808. The number of rotatable bonds is 3. The second kappa shape index (κ2) is 5.49. The standard InChI is InChI=1S/C15H15FN2O3S/c1-21-11-6-7-14-13(10-11)17-8-9-18(14)22(19,20)15-5-3-2-4-12(15)16/h2-7,10,17H,8-9H2,1H3. The maximum atomic E-state index is 13.9. The van der Waals surface area contributed by atoms with Crippen molar-refractivity contribution < 1.29 is 17.5 Å². The summed E-state index contributed by atoms with van der Waals surface area (Å²) in [6, 6.07) is 10.4. The maximum Gasteiger partial charge on any atom is 0.267 e. The number of anilines is 2. The fourth-order valence-corrected chi connectivity index (χ4v) is 3.99. The van der Waals surface area contributed by atoms with Gasteiger partial charge in [-0.1, -0.05) is 12.1 Å². The van der Waals surface area contributed by atoms with E-state index < -0.39 is 15.8 Å². The van der Waals surface area contributed by atoms with Gasteiger partial charge >= 0.3 is 0 Å². The lowest BCUT2D eigenvalue weighted by Gasteiger charge is -2.31. The van der Waals surface area contributed by atoms with Crippen molar-refractivity contribution in [2.24, 2.45) is 0 Å². The third kappa shape index (κ3) is 2.37. The molecule has 5 nitrogen and oxygen atoms in total. The number of fused-ring (bicyclic) bond motifs is 1. The summed E-state index contributed by atoms with van der Waals surface area (Å²) in [7, 11) is -2.41. The lowest BCUT2D eigenvalue weighted by atomic mass is 10.2. The molecule has 0 saturated carbocycles. The zero-order chi connectivity index (χ0) is 15.7. The zero-order valence-corrected chi connectivity index (χ0v) is 12.7. The molecule has 3 rings (SSSR count). The van der Waals surface area contributed by atoms with Gasteiger partial charge in [-0.3, -0.25) is 4.31 Å². The van der Waals surface area contributed by atoms with Crippen molar-refractivity contribution in [3.8, 4) is 5.75 Å². The number of sulfonamides is 1. The molecule has 22 heavy (non-hydrogen) atoms. The molecule has 0 fully saturated rings. The van der Waals surface area contributed by atoms with E-state index in [0.29, 0.717) is 23.7 Å². The molecule has 1 heterocycles. The van der Waals surface area contributed by atoms with Crippen LogP contribution in [-0.4, -0.2) is 28.6 Å². The Labute approximate surface area is 128 Å². The van der Waals surface area contributed by atoms with Gasteiger partial charge in [-0.05, 0) is 24.3 Å². The topological polar surface area (TPSA) is 58.6 Å². The van der Waals surface area contributed by atoms with Crippen LogP contribution in [0.3, 0.4) is 0 Å². The second-order valence-electron chi connectivity index (χ2n) is 4.82. The predicted molar refractivity (Wildman–Crippen MR) is 82.4 cm³/mol. The van der Waals surface area contributed by atoms with Crippen LogP contribution in [-0.2, 0) is 10.0 Å². The first kappa shape index (κ1) is 14.6. The van der Waals surface area contributed by atoms with Gasteiger partial charge in [0, 0.05) is 12.6 Å². The average Bonchev–Trinajstić information content (AvgIpc) is 2.53. The zero-order valence-electron chi connectivity index (χ0n) is 11.9. The summed E-state index contributed by atoms with van der Waals surface area (Å²) in [5, 5.41) is 3.13. The van der Waals surface area contributed by atoms with E-state index in [1.54, 1.807) is 25.3 Å². The summed E-state index contributed by atoms with van der Waals surface area (Å²) in [6.45, 7) is 0.670. The van der Waals surface area contributed by atoms with Crippen molar-refractivity contribution in [3.63, 3.8) is 0 Å². The Hall–Kier alpha value is -2.28. The summed E-state index contributed by atoms with van der Waals surface area (Å²) < 4.78 is 45.8. The third-order valence-corrected chi connectivity index (χ3v) is 5.35. The largest absolute Gasteiger partial charge is 0.497 e. The molecule has 1 aliphatic heterocycles. The summed E-state index contributed by atoms with van der Waals surface area (Å²) in [4.78, 5) is -0.321. The Kier molecular flexibility index (Phi) is 3.66. The average molecular weight is 322 g/mol. The summed E-state index contributed by atoms with van der Waals surface area (Å²) in [6.07, 6.45) is 0. The minimum absolute atomic E-state index is 0.232. The highest BCUT2D eigenvalue weighted by Crippen LogP contribution is 2.36. The predicted octanol–water partition coefficient (Wildman–Crippen LogP) is 2.46. The number of ether oxygens (including phenoxy) is 1. The first-order chi connectivity index (χ1) is 10.5. The van der Waals surface area contributed by atoms with Gasteiger partial charge in [0.1, 0.15) is 16.5 Å². The van der Waals surface area contributed by atoms with Crippen LogP contribution in [0.5, 0.6) is 5.75 Å². The van der Waals surface area contributed by atoms with E-state index >= 15 is 0 Å². The van der Waals surface area contributed by atoms with Gasteiger partial charge in [0.05, 0.1) is 25.0 Å². The first-order valence-corrected chi connectivity index (χ1v) is 8.17. The van der Waals surface area contributed by atoms with Crippen LogP contribution in [0.15, 0.2) is 47.4 Å². The summed E-state index contributed by atoms with van der Waals surface area (Å²) >= 11 is 0. The molecule has 0 saturated heterocycles. The van der Waals surface area contributed by atoms with E-state index in [1.807, 2.05) is 0 Å². The molecule has 0 radical (unpaired) electrons. The van der Waals surface area contributed by atoms with Crippen molar-refractivity contribution in [2.75, 3.05) is 29.8 Å². The molecule has 116 valence electrons. The number of hydrogen-bond acceptors (Lipinski definition) is 4. The molecular weight excluding hydrogens is 307 g/mol. The fraction of sp³-hybridized carbons (Fsp3) is 0.200. The lowest BCUT2D eigenvalue weighted by molar-refractivity contribution is 0.415. The Morgan fingerprint density at radius 2 is 2.00 bits per heavy atom. The van der Waals surface area contributed by atoms with E-state index in [2.05, 4.69) is 5.32 Å². The van der Waals surface area contributed by atoms with Crippen LogP contribution in [0.25, 0.3) is 0 Å². The number of halogens is 1. The van der Waals surface area contributed by atoms with E-state index in [9.17, 15) is 12.8 Å². The molecule has 1 N–H and O–H groups in total. The normalized spacial score (nSPS) is 14.2. The molecule has 1 aliphatic rings. The van der Waals surface area contributed by atoms with Gasteiger partial charge in [-0.15, -0.1) is 0 Å². The molecule has 0 aromatic heterocycles. The van der Waals surface area contributed by atoms with Gasteiger partial charge < -0.3 is 10.1 Å². The van der Waals surface area contributed by atoms with Crippen LogP contribution >= 0.6 is 0 Å². The molecular formula is C15H15FN2O3S. The van der Waals surface area contributed by atoms with E-state index in [1.165, 1.54) is 22.5 Å². The Morgan fingerprint density at radius 3 is 2.73 bits per heavy atom. The van der Waals surface area contributed by atoms with Crippen molar-refractivity contribution in [1.29, 1.82) is 0 Å². The third-order valence-electron chi connectivity index (χ3n) is 3.51. The van der Waals surface area contributed by atoms with E-state index in [0.717, 1.165) is 6.07 Å². The highest BCUT2D eigenvalue weighted by Gasteiger charge is 2.31. The van der Waals surface area contributed by atoms with Crippen LogP contribution in [0.4, 0.5) is 15.8 Å². The van der Waals surface area contributed by atoms with Crippen molar-refractivity contribution >= 4 is 21.4 Å². The minimum atomic E-state index is -3.95. The van der Waals surface area contributed by atoms with Gasteiger partial charge in [0.15, 0.2) is 0 Å². The molecule has 7 heteroatoms. The SMILES string of the molecule is COc1ccc2c(c1)NCCN2S(=O)(=O)c1ccccc1F.